The van der Waals surface area contributed by atoms with Crippen LogP contribution >= 0.6 is 0 Å². The first-order chi connectivity index (χ1) is 11.2. The van der Waals surface area contributed by atoms with Gasteiger partial charge in [-0.1, -0.05) is 42.5 Å². The number of nitrogens with two attached hydrogens (primary N) is 2. The van der Waals surface area contributed by atoms with Crippen LogP contribution in [0, 0.1) is 0 Å². The summed E-state index contributed by atoms with van der Waals surface area (Å²) in [6.45, 7) is 4.68. The van der Waals surface area contributed by atoms with Crippen molar-refractivity contribution in [2.45, 2.75) is 0 Å². The van der Waals surface area contributed by atoms with Crippen LogP contribution < -0.4 is 16.4 Å². The van der Waals surface area contributed by atoms with Crippen molar-refractivity contribution in [3.05, 3.63) is 48.3 Å². The molecule has 1 aliphatic heterocycles. The quantitative estimate of drug-likeness (QED) is 0.890. The maximum absolute atomic E-state index is 5.98. The van der Waals surface area contributed by atoms with Gasteiger partial charge in [-0.15, -0.1) is 0 Å². The van der Waals surface area contributed by atoms with Crippen molar-refractivity contribution < 1.29 is 0 Å². The van der Waals surface area contributed by atoms with Crippen LogP contribution in [-0.2, 0) is 0 Å². The molecule has 1 aromatic carbocycles. The fourth-order valence-electron chi connectivity index (χ4n) is 2.70. The Morgan fingerprint density at radius 1 is 1.00 bits per heavy atom. The fraction of sp³-hybridized carbons (Fsp3) is 0.294. The van der Waals surface area contributed by atoms with E-state index in [9.17, 15) is 0 Å². The van der Waals surface area contributed by atoms with E-state index >= 15 is 0 Å². The molecular formula is C17H22N6. The number of nitrogen functional groups attached to an aromatic ring is 2. The monoisotopic (exact) mass is 310 g/mol. The highest BCUT2D eigenvalue weighted by atomic mass is 15.3. The van der Waals surface area contributed by atoms with E-state index in [1.807, 2.05) is 6.07 Å². The molecule has 0 atom stereocenters. The van der Waals surface area contributed by atoms with Gasteiger partial charge in [0.15, 0.2) is 11.6 Å². The third kappa shape index (κ3) is 3.78. The Kier molecular flexibility index (Phi) is 4.73. The van der Waals surface area contributed by atoms with Crippen LogP contribution in [0.3, 0.4) is 0 Å². The summed E-state index contributed by atoms with van der Waals surface area (Å²) in [6.07, 6.45) is 5.84. The minimum Gasteiger partial charge on any atom is -0.393 e. The zero-order chi connectivity index (χ0) is 16.1. The molecule has 2 heterocycles. The van der Waals surface area contributed by atoms with Gasteiger partial charge in [0.25, 0.3) is 0 Å². The van der Waals surface area contributed by atoms with E-state index in [0.29, 0.717) is 11.5 Å². The van der Waals surface area contributed by atoms with Gasteiger partial charge in [0.1, 0.15) is 12.0 Å². The summed E-state index contributed by atoms with van der Waals surface area (Å²) < 4.78 is 0. The minimum atomic E-state index is 0.350. The smallest absolute Gasteiger partial charge is 0.157 e. The molecule has 1 aliphatic rings. The summed E-state index contributed by atoms with van der Waals surface area (Å²) in [6, 6.07) is 10.3. The van der Waals surface area contributed by atoms with Gasteiger partial charge >= 0.3 is 0 Å². The normalized spacial score (nSPS) is 16.1. The number of hydrogen-bond acceptors (Lipinski definition) is 6. The molecule has 1 fully saturated rings. The van der Waals surface area contributed by atoms with Crippen molar-refractivity contribution in [2.24, 2.45) is 0 Å². The van der Waals surface area contributed by atoms with Crippen LogP contribution in [0.1, 0.15) is 5.56 Å². The maximum atomic E-state index is 5.98. The van der Waals surface area contributed by atoms with Crippen LogP contribution in [0.4, 0.5) is 17.3 Å². The zero-order valence-electron chi connectivity index (χ0n) is 13.1. The van der Waals surface area contributed by atoms with Crippen LogP contribution in [-0.4, -0.2) is 47.6 Å². The lowest BCUT2D eigenvalue weighted by Crippen LogP contribution is -2.46. The fourth-order valence-corrected chi connectivity index (χ4v) is 2.70. The van der Waals surface area contributed by atoms with E-state index in [1.165, 1.54) is 11.9 Å². The Labute approximate surface area is 136 Å². The third-order valence-corrected chi connectivity index (χ3v) is 4.04. The maximum Gasteiger partial charge on any atom is 0.157 e. The second kappa shape index (κ2) is 7.11. The van der Waals surface area contributed by atoms with Crippen molar-refractivity contribution >= 4 is 23.4 Å². The molecule has 0 bridgehead atoms. The van der Waals surface area contributed by atoms with Gasteiger partial charge in [-0.2, -0.15) is 0 Å². The molecule has 2 aromatic rings. The number of aromatic nitrogens is 2. The van der Waals surface area contributed by atoms with E-state index in [-0.39, 0.29) is 0 Å². The number of benzene rings is 1. The first kappa shape index (κ1) is 15.3. The van der Waals surface area contributed by atoms with Gasteiger partial charge < -0.3 is 16.4 Å². The molecule has 23 heavy (non-hydrogen) atoms. The molecule has 0 amide bonds. The van der Waals surface area contributed by atoms with Gasteiger partial charge in [-0.25, -0.2) is 9.97 Å². The first-order valence-electron chi connectivity index (χ1n) is 7.79. The number of nitrogens with zero attached hydrogens (tertiary/aromatic N) is 4. The van der Waals surface area contributed by atoms with Crippen molar-refractivity contribution in [1.29, 1.82) is 0 Å². The first-order valence-corrected chi connectivity index (χ1v) is 7.79. The zero-order valence-corrected chi connectivity index (χ0v) is 13.1. The average molecular weight is 310 g/mol. The Hall–Kier alpha value is -2.60. The van der Waals surface area contributed by atoms with Crippen LogP contribution in [0.2, 0.25) is 0 Å². The van der Waals surface area contributed by atoms with Crippen molar-refractivity contribution in [2.75, 3.05) is 49.1 Å². The molecule has 0 aliphatic carbocycles. The highest BCUT2D eigenvalue weighted by molar-refractivity contribution is 5.73. The molecule has 120 valence electrons. The number of piperazine rings is 1. The van der Waals surface area contributed by atoms with Crippen molar-refractivity contribution in [1.82, 2.24) is 14.9 Å². The summed E-state index contributed by atoms with van der Waals surface area (Å²) >= 11 is 0. The molecule has 0 unspecified atom stereocenters. The predicted molar refractivity (Wildman–Crippen MR) is 95.0 cm³/mol. The SMILES string of the molecule is Nc1ncnc(N2CCN(CC=Cc3ccccc3)CC2)c1N. The third-order valence-electron chi connectivity index (χ3n) is 4.04. The largest absolute Gasteiger partial charge is 0.393 e. The molecule has 1 aromatic heterocycles. The molecule has 0 spiro atoms. The molecular weight excluding hydrogens is 288 g/mol. The molecule has 0 saturated carbocycles. The average Bonchev–Trinajstić information content (AvgIpc) is 2.59. The standard InChI is InChI=1S/C17H22N6/c18-15-16(19)20-13-21-17(15)23-11-9-22(10-12-23)8-4-7-14-5-2-1-3-6-14/h1-7,13H,8-12,18H2,(H2,19,20,21). The van der Waals surface area contributed by atoms with Gasteiger partial charge in [0.2, 0.25) is 0 Å². The van der Waals surface area contributed by atoms with Crippen molar-refractivity contribution in [3.63, 3.8) is 0 Å². The van der Waals surface area contributed by atoms with Crippen LogP contribution in [0.25, 0.3) is 6.08 Å². The van der Waals surface area contributed by atoms with Crippen LogP contribution in [0.5, 0.6) is 0 Å². The summed E-state index contributed by atoms with van der Waals surface area (Å²) in [5.41, 5.74) is 13.4. The number of hydrogen-bond donors (Lipinski definition) is 2. The summed E-state index contributed by atoms with van der Waals surface area (Å²) in [7, 11) is 0. The molecule has 6 heteroatoms. The molecule has 6 nitrogen and oxygen atoms in total. The molecule has 1 saturated heterocycles. The van der Waals surface area contributed by atoms with E-state index in [0.717, 1.165) is 38.5 Å². The van der Waals surface area contributed by atoms with E-state index in [1.54, 1.807) is 0 Å². The van der Waals surface area contributed by atoms with E-state index in [4.69, 9.17) is 11.5 Å². The second-order valence-electron chi connectivity index (χ2n) is 5.60. The Morgan fingerprint density at radius 3 is 2.48 bits per heavy atom. The van der Waals surface area contributed by atoms with Crippen molar-refractivity contribution in [3.8, 4) is 0 Å². The second-order valence-corrected chi connectivity index (χ2v) is 5.60. The Balaban J connectivity index is 1.52. The lowest BCUT2D eigenvalue weighted by molar-refractivity contribution is 0.284. The van der Waals surface area contributed by atoms with E-state index < -0.39 is 0 Å². The van der Waals surface area contributed by atoms with Gasteiger partial charge in [-0.05, 0) is 5.56 Å². The number of rotatable bonds is 4. The molecule has 3 rings (SSSR count). The topological polar surface area (TPSA) is 84.3 Å². The highest BCUT2D eigenvalue weighted by Crippen LogP contribution is 2.24. The molecule has 4 N–H and O–H groups in total. The van der Waals surface area contributed by atoms with Crippen LogP contribution in [0.15, 0.2) is 42.7 Å². The summed E-state index contributed by atoms with van der Waals surface area (Å²) in [5, 5.41) is 0. The predicted octanol–water partition coefficient (Wildman–Crippen LogP) is 1.48. The molecule has 0 radical (unpaired) electrons. The lowest BCUT2D eigenvalue weighted by Gasteiger charge is -2.35. The van der Waals surface area contributed by atoms with Gasteiger partial charge in [0, 0.05) is 32.7 Å². The summed E-state index contributed by atoms with van der Waals surface area (Å²) in [4.78, 5) is 12.8. The van der Waals surface area contributed by atoms with E-state index in [2.05, 4.69) is 56.2 Å². The highest BCUT2D eigenvalue weighted by Gasteiger charge is 2.19. The van der Waals surface area contributed by atoms with Gasteiger partial charge in [-0.3, -0.25) is 4.90 Å². The number of anilines is 3. The minimum absolute atomic E-state index is 0.350. The Bertz CT molecular complexity index is 662. The Morgan fingerprint density at radius 2 is 1.74 bits per heavy atom. The van der Waals surface area contributed by atoms with Gasteiger partial charge in [0.05, 0.1) is 0 Å². The lowest BCUT2D eigenvalue weighted by atomic mass is 10.2. The summed E-state index contributed by atoms with van der Waals surface area (Å²) in [5.74, 6) is 1.10.